The zero-order valence-electron chi connectivity index (χ0n) is 15.6. The van der Waals surface area contributed by atoms with Crippen molar-refractivity contribution in [3.05, 3.63) is 42.1 Å². The summed E-state index contributed by atoms with van der Waals surface area (Å²) in [6.07, 6.45) is 2.62. The van der Waals surface area contributed by atoms with Gasteiger partial charge in [0.25, 0.3) is 11.8 Å². The average molecular weight is 382 g/mol. The fraction of sp³-hybridized carbons (Fsp3) is 0.368. The Morgan fingerprint density at radius 2 is 2.14 bits per heavy atom. The van der Waals surface area contributed by atoms with Crippen molar-refractivity contribution < 1.29 is 14.3 Å². The van der Waals surface area contributed by atoms with Crippen molar-refractivity contribution in [2.24, 2.45) is 10.9 Å². The van der Waals surface area contributed by atoms with Crippen molar-refractivity contribution in [3.63, 3.8) is 0 Å². The van der Waals surface area contributed by atoms with Crippen molar-refractivity contribution in [1.29, 1.82) is 0 Å². The normalized spacial score (nSPS) is 19.3. The first-order chi connectivity index (χ1) is 13.6. The molecule has 2 amide bonds. The van der Waals surface area contributed by atoms with Gasteiger partial charge in [0.1, 0.15) is 12.4 Å². The van der Waals surface area contributed by atoms with Crippen LogP contribution in [-0.2, 0) is 20.9 Å². The molecule has 1 aromatic heterocycles. The minimum atomic E-state index is -0.422. The number of anilines is 2. The molecule has 28 heavy (non-hydrogen) atoms. The van der Waals surface area contributed by atoms with Crippen molar-refractivity contribution in [2.75, 3.05) is 30.1 Å². The number of amides is 2. The summed E-state index contributed by atoms with van der Waals surface area (Å²) in [5.41, 5.74) is 4.55. The Kier molecular flexibility index (Phi) is 5.07. The van der Waals surface area contributed by atoms with Crippen LogP contribution in [0, 0.1) is 12.8 Å². The Bertz CT molecular complexity index is 899. The van der Waals surface area contributed by atoms with Gasteiger partial charge in [-0.3, -0.25) is 20.0 Å². The number of hydrazine groups is 1. The third-order valence-corrected chi connectivity index (χ3v) is 4.76. The zero-order chi connectivity index (χ0) is 19.5. The maximum Gasteiger partial charge on any atom is 0.293 e. The molecule has 2 aliphatic rings. The Labute approximate surface area is 162 Å². The van der Waals surface area contributed by atoms with E-state index in [0.29, 0.717) is 30.6 Å². The van der Waals surface area contributed by atoms with Gasteiger partial charge in [0, 0.05) is 25.1 Å². The number of aromatic nitrogens is 2. The standard InChI is InChI=1S/C19H22N6O3/c1-13-2-4-15(5-3-13)25-17(26)10-20-18(23-25)19(27)22-16-6-8-21-24(16)11-14-7-9-28-12-14/h2-6,8,14H,7,9-12H2,1H3,(H,20,23)(H,22,27)/t14-/m1/s1. The summed E-state index contributed by atoms with van der Waals surface area (Å²) in [6.45, 7) is 4.02. The number of aryl methyl sites for hydroxylation is 1. The highest BCUT2D eigenvalue weighted by Crippen LogP contribution is 2.18. The number of amidine groups is 1. The number of hydrogen-bond donors (Lipinski definition) is 2. The summed E-state index contributed by atoms with van der Waals surface area (Å²) in [7, 11) is 0. The van der Waals surface area contributed by atoms with Gasteiger partial charge in [-0.15, -0.1) is 0 Å². The lowest BCUT2D eigenvalue weighted by Gasteiger charge is -2.27. The lowest BCUT2D eigenvalue weighted by molar-refractivity contribution is -0.118. The third-order valence-electron chi connectivity index (χ3n) is 4.76. The van der Waals surface area contributed by atoms with Crippen molar-refractivity contribution in [1.82, 2.24) is 15.2 Å². The molecule has 2 aliphatic heterocycles. The molecule has 1 aromatic carbocycles. The molecular formula is C19H22N6O3. The monoisotopic (exact) mass is 382 g/mol. The van der Waals surface area contributed by atoms with Crippen molar-refractivity contribution >= 4 is 29.2 Å². The Morgan fingerprint density at radius 3 is 2.89 bits per heavy atom. The summed E-state index contributed by atoms with van der Waals surface area (Å²) in [6, 6.07) is 9.18. The van der Waals surface area contributed by atoms with Crippen LogP contribution >= 0.6 is 0 Å². The van der Waals surface area contributed by atoms with Crippen LogP contribution in [0.5, 0.6) is 0 Å². The van der Waals surface area contributed by atoms with Crippen molar-refractivity contribution in [2.45, 2.75) is 19.9 Å². The second-order valence-corrected chi connectivity index (χ2v) is 6.92. The maximum atomic E-state index is 12.7. The largest absolute Gasteiger partial charge is 0.381 e. The third kappa shape index (κ3) is 3.89. The van der Waals surface area contributed by atoms with Gasteiger partial charge in [0.2, 0.25) is 5.84 Å². The highest BCUT2D eigenvalue weighted by Gasteiger charge is 2.26. The quantitative estimate of drug-likeness (QED) is 0.807. The summed E-state index contributed by atoms with van der Waals surface area (Å²) < 4.78 is 7.15. The number of nitrogens with one attached hydrogen (secondary N) is 2. The number of aliphatic imine (C=N–C) groups is 1. The highest BCUT2D eigenvalue weighted by molar-refractivity contribution is 6.43. The molecule has 0 unspecified atom stereocenters. The van der Waals surface area contributed by atoms with Gasteiger partial charge < -0.3 is 10.1 Å². The van der Waals surface area contributed by atoms with Gasteiger partial charge in [-0.05, 0) is 25.5 Å². The van der Waals surface area contributed by atoms with E-state index in [2.05, 4.69) is 20.8 Å². The number of rotatable bonds is 5. The molecule has 0 spiro atoms. The van der Waals surface area contributed by atoms with Gasteiger partial charge in [-0.1, -0.05) is 17.7 Å². The Balaban J connectivity index is 1.44. The van der Waals surface area contributed by atoms with Crippen LogP contribution in [0.3, 0.4) is 0 Å². The molecule has 4 rings (SSSR count). The van der Waals surface area contributed by atoms with E-state index in [0.717, 1.165) is 18.6 Å². The van der Waals surface area contributed by atoms with E-state index in [4.69, 9.17) is 4.74 Å². The Hall–Kier alpha value is -3.20. The summed E-state index contributed by atoms with van der Waals surface area (Å²) >= 11 is 0. The Morgan fingerprint density at radius 1 is 1.32 bits per heavy atom. The second-order valence-electron chi connectivity index (χ2n) is 6.92. The topological polar surface area (TPSA) is 101 Å². The van der Waals surface area contributed by atoms with E-state index < -0.39 is 5.91 Å². The molecule has 2 N–H and O–H groups in total. The number of hydrogen-bond acceptors (Lipinski definition) is 6. The van der Waals surface area contributed by atoms with E-state index in [1.54, 1.807) is 16.9 Å². The van der Waals surface area contributed by atoms with E-state index >= 15 is 0 Å². The molecular weight excluding hydrogens is 360 g/mol. The molecule has 0 aliphatic carbocycles. The number of carbonyl (C=O) groups excluding carboxylic acids is 2. The lowest BCUT2D eigenvalue weighted by Crippen LogP contribution is -2.54. The van der Waals surface area contributed by atoms with Gasteiger partial charge in [-0.25, -0.2) is 9.69 Å². The van der Waals surface area contributed by atoms with Gasteiger partial charge >= 0.3 is 0 Å². The predicted molar refractivity (Wildman–Crippen MR) is 104 cm³/mol. The number of carbonyl (C=O) groups is 2. The van der Waals surface area contributed by atoms with E-state index in [1.807, 2.05) is 31.2 Å². The minimum Gasteiger partial charge on any atom is -0.381 e. The SMILES string of the molecule is Cc1ccc(N2NC(C(=O)Nc3ccnn3C[C@H]3CCOC3)=NCC2=O)cc1. The highest BCUT2D eigenvalue weighted by atomic mass is 16.5. The zero-order valence-corrected chi connectivity index (χ0v) is 15.6. The molecule has 3 heterocycles. The summed E-state index contributed by atoms with van der Waals surface area (Å²) in [4.78, 5) is 29.0. The molecule has 1 fully saturated rings. The van der Waals surface area contributed by atoms with Crippen LogP contribution in [-0.4, -0.2) is 47.2 Å². The molecule has 9 heteroatoms. The second kappa shape index (κ2) is 7.81. The first-order valence-electron chi connectivity index (χ1n) is 9.22. The first-order valence-corrected chi connectivity index (χ1v) is 9.22. The van der Waals surface area contributed by atoms with Crippen LogP contribution in [0.4, 0.5) is 11.5 Å². The molecule has 0 saturated carbocycles. The molecule has 0 bridgehead atoms. The fourth-order valence-electron chi connectivity index (χ4n) is 3.18. The van der Waals surface area contributed by atoms with Crippen LogP contribution in [0.25, 0.3) is 0 Å². The molecule has 2 aromatic rings. The van der Waals surface area contributed by atoms with Gasteiger partial charge in [0.15, 0.2) is 0 Å². The number of benzene rings is 1. The summed E-state index contributed by atoms with van der Waals surface area (Å²) in [5, 5.41) is 8.44. The average Bonchev–Trinajstić information content (AvgIpc) is 3.36. The number of ether oxygens (including phenoxy) is 1. The molecule has 1 saturated heterocycles. The van der Waals surface area contributed by atoms with E-state index in [-0.39, 0.29) is 18.3 Å². The van der Waals surface area contributed by atoms with Gasteiger partial charge in [-0.2, -0.15) is 5.10 Å². The molecule has 1 atom stereocenters. The van der Waals surface area contributed by atoms with Crippen LogP contribution in [0.15, 0.2) is 41.5 Å². The minimum absolute atomic E-state index is 0.0807. The smallest absolute Gasteiger partial charge is 0.293 e. The lowest BCUT2D eigenvalue weighted by atomic mass is 10.1. The van der Waals surface area contributed by atoms with Crippen LogP contribution in [0.2, 0.25) is 0 Å². The molecule has 146 valence electrons. The maximum absolute atomic E-state index is 12.7. The molecule has 0 radical (unpaired) electrons. The fourth-order valence-corrected chi connectivity index (χ4v) is 3.18. The number of nitrogens with zero attached hydrogens (tertiary/aromatic N) is 4. The van der Waals surface area contributed by atoms with E-state index in [1.165, 1.54) is 5.01 Å². The predicted octanol–water partition coefficient (Wildman–Crippen LogP) is 1.12. The van der Waals surface area contributed by atoms with Crippen LogP contribution < -0.4 is 15.8 Å². The first kappa shape index (κ1) is 18.2. The van der Waals surface area contributed by atoms with Crippen molar-refractivity contribution in [3.8, 4) is 0 Å². The van der Waals surface area contributed by atoms with E-state index in [9.17, 15) is 9.59 Å². The summed E-state index contributed by atoms with van der Waals surface area (Å²) in [5.74, 6) is 0.397. The van der Waals surface area contributed by atoms with Gasteiger partial charge in [0.05, 0.1) is 18.5 Å². The molecule has 9 nitrogen and oxygen atoms in total. The van der Waals surface area contributed by atoms with Crippen LogP contribution in [0.1, 0.15) is 12.0 Å².